The van der Waals surface area contributed by atoms with Crippen molar-refractivity contribution >= 4 is 5.95 Å². The molecule has 0 aromatic carbocycles. The highest BCUT2D eigenvalue weighted by atomic mass is 16.5. The number of morpholine rings is 1. The van der Waals surface area contributed by atoms with E-state index in [1.54, 1.807) is 0 Å². The van der Waals surface area contributed by atoms with E-state index in [9.17, 15) is 0 Å². The van der Waals surface area contributed by atoms with Crippen LogP contribution in [0.5, 0.6) is 12.0 Å². The summed E-state index contributed by atoms with van der Waals surface area (Å²) in [5.74, 6) is 0.555. The number of methoxy groups -OCH3 is 2. The first-order valence-electron chi connectivity index (χ1n) is 6.67. The number of hydrogen-bond donors (Lipinski definition) is 1. The van der Waals surface area contributed by atoms with Gasteiger partial charge in [-0.25, -0.2) is 0 Å². The summed E-state index contributed by atoms with van der Waals surface area (Å²) in [6, 6.07) is 0.682. The maximum absolute atomic E-state index is 5.53. The van der Waals surface area contributed by atoms with E-state index in [1.165, 1.54) is 14.2 Å². The van der Waals surface area contributed by atoms with Crippen molar-refractivity contribution in [1.82, 2.24) is 20.3 Å². The highest BCUT2D eigenvalue weighted by Crippen LogP contribution is 2.19. The standard InChI is InChI=1S/C12H21N5O3/c1-4-13-7-9-8-20-6-5-17(9)10-14-11(18-2)16-12(15-10)19-3/h9,13H,4-8H2,1-3H3. The Hall–Kier alpha value is -1.67. The van der Waals surface area contributed by atoms with E-state index in [-0.39, 0.29) is 18.1 Å². The third kappa shape index (κ3) is 3.45. The zero-order valence-electron chi connectivity index (χ0n) is 12.1. The minimum Gasteiger partial charge on any atom is -0.467 e. The predicted molar refractivity (Wildman–Crippen MR) is 73.4 cm³/mol. The molecule has 1 unspecified atom stereocenters. The lowest BCUT2D eigenvalue weighted by Gasteiger charge is -2.35. The van der Waals surface area contributed by atoms with E-state index >= 15 is 0 Å². The Bertz CT molecular complexity index is 409. The fraction of sp³-hybridized carbons (Fsp3) is 0.750. The lowest BCUT2D eigenvalue weighted by atomic mass is 10.2. The van der Waals surface area contributed by atoms with Crippen molar-refractivity contribution in [1.29, 1.82) is 0 Å². The molecule has 0 aliphatic carbocycles. The second kappa shape index (κ2) is 7.20. The molecular weight excluding hydrogens is 262 g/mol. The number of ether oxygens (including phenoxy) is 3. The Morgan fingerprint density at radius 3 is 2.55 bits per heavy atom. The second-order valence-corrected chi connectivity index (χ2v) is 4.34. The summed E-state index contributed by atoms with van der Waals surface area (Å²) in [6.45, 7) is 5.82. The molecule has 0 radical (unpaired) electrons. The minimum absolute atomic E-state index is 0.181. The Balaban J connectivity index is 2.21. The molecule has 0 saturated carbocycles. The van der Waals surface area contributed by atoms with Crippen molar-refractivity contribution in [3.05, 3.63) is 0 Å². The first-order valence-corrected chi connectivity index (χ1v) is 6.67. The smallest absolute Gasteiger partial charge is 0.324 e. The predicted octanol–water partition coefficient (Wildman–Crippen LogP) is -0.296. The first-order chi connectivity index (χ1) is 9.78. The topological polar surface area (TPSA) is 81.6 Å². The molecule has 8 heteroatoms. The van der Waals surface area contributed by atoms with Crippen LogP contribution in [-0.4, -0.2) is 68.1 Å². The molecule has 2 rings (SSSR count). The number of rotatable bonds is 6. The van der Waals surface area contributed by atoms with Gasteiger partial charge in [0.2, 0.25) is 5.95 Å². The van der Waals surface area contributed by atoms with E-state index in [2.05, 4.69) is 32.1 Å². The van der Waals surface area contributed by atoms with Crippen LogP contribution in [0, 0.1) is 0 Å². The van der Waals surface area contributed by atoms with Gasteiger partial charge in [-0.3, -0.25) is 0 Å². The Morgan fingerprint density at radius 1 is 1.25 bits per heavy atom. The van der Waals surface area contributed by atoms with Gasteiger partial charge >= 0.3 is 12.0 Å². The average molecular weight is 283 g/mol. The van der Waals surface area contributed by atoms with Gasteiger partial charge in [0, 0.05) is 13.1 Å². The van der Waals surface area contributed by atoms with Crippen LogP contribution in [-0.2, 0) is 4.74 Å². The molecule has 112 valence electrons. The first kappa shape index (κ1) is 14.7. The second-order valence-electron chi connectivity index (χ2n) is 4.34. The maximum atomic E-state index is 5.53. The largest absolute Gasteiger partial charge is 0.467 e. The molecule has 1 fully saturated rings. The fourth-order valence-electron chi connectivity index (χ4n) is 2.04. The highest BCUT2D eigenvalue weighted by Gasteiger charge is 2.26. The molecule has 1 aliphatic heterocycles. The molecule has 0 amide bonds. The van der Waals surface area contributed by atoms with Crippen molar-refractivity contribution in [2.75, 3.05) is 52.0 Å². The van der Waals surface area contributed by atoms with E-state index in [1.807, 2.05) is 0 Å². The van der Waals surface area contributed by atoms with E-state index in [4.69, 9.17) is 14.2 Å². The van der Waals surface area contributed by atoms with Crippen molar-refractivity contribution < 1.29 is 14.2 Å². The van der Waals surface area contributed by atoms with Crippen molar-refractivity contribution in [2.24, 2.45) is 0 Å². The molecule has 1 atom stereocenters. The molecule has 0 bridgehead atoms. The lowest BCUT2D eigenvalue weighted by molar-refractivity contribution is 0.0928. The summed E-state index contributed by atoms with van der Waals surface area (Å²) >= 11 is 0. The van der Waals surface area contributed by atoms with Gasteiger partial charge in [0.05, 0.1) is 33.5 Å². The number of likely N-dealkylation sites (N-methyl/N-ethyl adjacent to an activating group) is 1. The molecule has 8 nitrogen and oxygen atoms in total. The Labute approximate surface area is 118 Å². The molecule has 1 aliphatic rings. The van der Waals surface area contributed by atoms with E-state index < -0.39 is 0 Å². The third-order valence-corrected chi connectivity index (χ3v) is 3.06. The monoisotopic (exact) mass is 283 g/mol. The summed E-state index contributed by atoms with van der Waals surface area (Å²) in [6.07, 6.45) is 0. The molecule has 20 heavy (non-hydrogen) atoms. The maximum Gasteiger partial charge on any atom is 0.324 e. The highest BCUT2D eigenvalue weighted by molar-refractivity contribution is 5.34. The summed E-state index contributed by atoms with van der Waals surface area (Å²) in [5, 5.41) is 3.32. The lowest BCUT2D eigenvalue weighted by Crippen LogP contribution is -2.51. The van der Waals surface area contributed by atoms with Gasteiger partial charge in [0.1, 0.15) is 0 Å². The van der Waals surface area contributed by atoms with Gasteiger partial charge in [0.15, 0.2) is 0 Å². The molecule has 1 saturated heterocycles. The number of nitrogens with zero attached hydrogens (tertiary/aromatic N) is 4. The molecular formula is C12H21N5O3. The molecule has 1 N–H and O–H groups in total. The van der Waals surface area contributed by atoms with Gasteiger partial charge in [0.25, 0.3) is 0 Å². The zero-order valence-corrected chi connectivity index (χ0v) is 12.1. The van der Waals surface area contributed by atoms with E-state index in [0.29, 0.717) is 19.2 Å². The molecule has 1 aromatic heterocycles. The van der Waals surface area contributed by atoms with Crippen LogP contribution in [0.3, 0.4) is 0 Å². The summed E-state index contributed by atoms with van der Waals surface area (Å²) in [7, 11) is 3.04. The Morgan fingerprint density at radius 2 is 1.95 bits per heavy atom. The normalized spacial score (nSPS) is 18.9. The number of hydrogen-bond acceptors (Lipinski definition) is 8. The zero-order chi connectivity index (χ0) is 14.4. The molecule has 0 spiro atoms. The van der Waals surface area contributed by atoms with Crippen LogP contribution >= 0.6 is 0 Å². The van der Waals surface area contributed by atoms with Crippen LogP contribution < -0.4 is 19.7 Å². The SMILES string of the molecule is CCNCC1COCCN1c1nc(OC)nc(OC)n1. The van der Waals surface area contributed by atoms with Crippen LogP contribution in [0.15, 0.2) is 0 Å². The van der Waals surface area contributed by atoms with Crippen LogP contribution in [0.1, 0.15) is 6.92 Å². The van der Waals surface area contributed by atoms with Gasteiger partial charge in [-0.2, -0.15) is 9.97 Å². The number of anilines is 1. The average Bonchev–Trinajstić information content (AvgIpc) is 2.52. The quantitative estimate of drug-likeness (QED) is 0.762. The van der Waals surface area contributed by atoms with Crippen molar-refractivity contribution in [3.63, 3.8) is 0 Å². The Kier molecular flexibility index (Phi) is 5.31. The van der Waals surface area contributed by atoms with Gasteiger partial charge in [-0.1, -0.05) is 6.92 Å². The van der Waals surface area contributed by atoms with Gasteiger partial charge in [-0.15, -0.1) is 4.98 Å². The fourth-order valence-corrected chi connectivity index (χ4v) is 2.04. The van der Waals surface area contributed by atoms with Gasteiger partial charge < -0.3 is 24.4 Å². The van der Waals surface area contributed by atoms with Crippen molar-refractivity contribution in [2.45, 2.75) is 13.0 Å². The van der Waals surface area contributed by atoms with Gasteiger partial charge in [-0.05, 0) is 6.54 Å². The van der Waals surface area contributed by atoms with Crippen LogP contribution in [0.25, 0.3) is 0 Å². The summed E-state index contributed by atoms with van der Waals surface area (Å²) in [4.78, 5) is 14.7. The molecule has 2 heterocycles. The van der Waals surface area contributed by atoms with Crippen LogP contribution in [0.4, 0.5) is 5.95 Å². The minimum atomic E-state index is 0.181. The van der Waals surface area contributed by atoms with E-state index in [0.717, 1.165) is 19.6 Å². The van der Waals surface area contributed by atoms with Crippen LogP contribution in [0.2, 0.25) is 0 Å². The number of nitrogens with one attached hydrogen (secondary N) is 1. The number of aromatic nitrogens is 3. The summed E-state index contributed by atoms with van der Waals surface area (Å²) < 4.78 is 15.7. The molecule has 1 aromatic rings. The third-order valence-electron chi connectivity index (χ3n) is 3.06. The van der Waals surface area contributed by atoms with Crippen molar-refractivity contribution in [3.8, 4) is 12.0 Å². The summed E-state index contributed by atoms with van der Waals surface area (Å²) in [5.41, 5.74) is 0.